The van der Waals surface area contributed by atoms with Crippen LogP contribution in [-0.4, -0.2) is 20.3 Å². The Kier molecular flexibility index (Phi) is 4.79. The Morgan fingerprint density at radius 1 is 1.17 bits per heavy atom. The summed E-state index contributed by atoms with van der Waals surface area (Å²) in [6.07, 6.45) is 8.83. The number of hydrogen-bond acceptors (Lipinski definition) is 2. The van der Waals surface area contributed by atoms with Gasteiger partial charge in [0.2, 0.25) is 0 Å². The van der Waals surface area contributed by atoms with E-state index in [2.05, 4.69) is 29.5 Å². The topological polar surface area (TPSA) is 51.9 Å². The molecule has 0 aliphatic carbocycles. The molecule has 24 heavy (non-hydrogen) atoms. The summed E-state index contributed by atoms with van der Waals surface area (Å²) in [5.74, 6) is 0.588. The van der Waals surface area contributed by atoms with E-state index in [-0.39, 0.29) is 5.91 Å². The van der Waals surface area contributed by atoms with Crippen LogP contribution in [0.15, 0.2) is 55.0 Å². The fraction of sp³-hybridized carbons (Fsp3) is 0.263. The van der Waals surface area contributed by atoms with Crippen molar-refractivity contribution in [1.82, 2.24) is 14.3 Å². The lowest BCUT2D eigenvalue weighted by atomic mass is 10.1. The second kappa shape index (κ2) is 7.17. The smallest absolute Gasteiger partial charge is 0.261 e. The van der Waals surface area contributed by atoms with Gasteiger partial charge >= 0.3 is 0 Å². The minimum Gasteiger partial charge on any atom is -0.322 e. The quantitative estimate of drug-likeness (QED) is 0.750. The highest BCUT2D eigenvalue weighted by atomic mass is 16.1. The molecule has 0 unspecified atom stereocenters. The number of anilines is 1. The van der Waals surface area contributed by atoms with Crippen molar-refractivity contribution in [3.63, 3.8) is 0 Å². The van der Waals surface area contributed by atoms with Gasteiger partial charge in [-0.3, -0.25) is 9.48 Å². The SMILES string of the molecule is CCCCc1ccc(NC(=O)c2cnn(C)c2-n2cccc2)cc1. The van der Waals surface area contributed by atoms with E-state index in [1.807, 2.05) is 48.3 Å². The number of nitrogens with zero attached hydrogens (tertiary/aromatic N) is 3. The summed E-state index contributed by atoms with van der Waals surface area (Å²) in [6.45, 7) is 2.19. The fourth-order valence-electron chi connectivity index (χ4n) is 2.71. The number of hydrogen-bond donors (Lipinski definition) is 1. The molecule has 0 saturated heterocycles. The molecule has 0 fully saturated rings. The van der Waals surface area contributed by atoms with E-state index in [4.69, 9.17) is 0 Å². The number of amides is 1. The van der Waals surface area contributed by atoms with E-state index in [9.17, 15) is 4.79 Å². The standard InChI is InChI=1S/C19H22N4O/c1-3-4-7-15-8-10-16(11-9-15)21-18(24)17-14-20-22(2)19(17)23-12-5-6-13-23/h5-6,8-14H,3-4,7H2,1-2H3,(H,21,24). The Balaban J connectivity index is 1.76. The Bertz CT molecular complexity index is 801. The normalized spacial score (nSPS) is 10.8. The van der Waals surface area contributed by atoms with Gasteiger partial charge in [0.25, 0.3) is 5.91 Å². The van der Waals surface area contributed by atoms with Crippen molar-refractivity contribution in [2.24, 2.45) is 7.05 Å². The summed E-state index contributed by atoms with van der Waals surface area (Å²) in [7, 11) is 1.83. The molecule has 0 bridgehead atoms. The maximum absolute atomic E-state index is 12.6. The van der Waals surface area contributed by atoms with Crippen molar-refractivity contribution in [2.75, 3.05) is 5.32 Å². The van der Waals surface area contributed by atoms with E-state index < -0.39 is 0 Å². The van der Waals surface area contributed by atoms with Gasteiger partial charge in [-0.15, -0.1) is 0 Å². The van der Waals surface area contributed by atoms with Crippen LogP contribution in [0.2, 0.25) is 0 Å². The maximum Gasteiger partial charge on any atom is 0.261 e. The summed E-state index contributed by atoms with van der Waals surface area (Å²) in [5.41, 5.74) is 2.63. The molecule has 5 heteroatoms. The Morgan fingerprint density at radius 2 is 1.88 bits per heavy atom. The van der Waals surface area contributed by atoms with Gasteiger partial charge in [0.05, 0.1) is 6.20 Å². The molecule has 0 saturated carbocycles. The second-order valence-corrected chi connectivity index (χ2v) is 5.85. The summed E-state index contributed by atoms with van der Waals surface area (Å²) in [5, 5.41) is 7.17. The minimum atomic E-state index is -0.159. The molecular weight excluding hydrogens is 300 g/mol. The zero-order valence-corrected chi connectivity index (χ0v) is 14.1. The molecule has 124 valence electrons. The highest BCUT2D eigenvalue weighted by molar-refractivity contribution is 6.06. The van der Waals surface area contributed by atoms with E-state index in [1.54, 1.807) is 10.9 Å². The van der Waals surface area contributed by atoms with Crippen LogP contribution in [0.5, 0.6) is 0 Å². The van der Waals surface area contributed by atoms with Gasteiger partial charge in [0.1, 0.15) is 11.4 Å². The molecule has 0 atom stereocenters. The monoisotopic (exact) mass is 322 g/mol. The number of unbranched alkanes of at least 4 members (excludes halogenated alkanes) is 1. The Hall–Kier alpha value is -2.82. The maximum atomic E-state index is 12.6. The largest absolute Gasteiger partial charge is 0.322 e. The molecular formula is C19H22N4O. The van der Waals surface area contributed by atoms with Crippen LogP contribution in [-0.2, 0) is 13.5 Å². The highest BCUT2D eigenvalue weighted by Crippen LogP contribution is 2.17. The zero-order chi connectivity index (χ0) is 16.9. The number of benzene rings is 1. The Labute approximate surface area is 141 Å². The van der Waals surface area contributed by atoms with Crippen molar-refractivity contribution >= 4 is 11.6 Å². The predicted molar refractivity (Wildman–Crippen MR) is 95.5 cm³/mol. The average Bonchev–Trinajstić information content (AvgIpc) is 3.23. The number of nitrogens with one attached hydrogen (secondary N) is 1. The molecule has 3 aromatic rings. The number of rotatable bonds is 6. The van der Waals surface area contributed by atoms with Crippen molar-refractivity contribution in [3.8, 4) is 5.82 Å². The molecule has 3 rings (SSSR count). The summed E-state index contributed by atoms with van der Waals surface area (Å²) in [4.78, 5) is 12.6. The van der Waals surface area contributed by atoms with Crippen molar-refractivity contribution in [2.45, 2.75) is 26.2 Å². The van der Waals surface area contributed by atoms with Gasteiger partial charge in [0, 0.05) is 25.1 Å². The van der Waals surface area contributed by atoms with Crippen molar-refractivity contribution in [3.05, 3.63) is 66.1 Å². The molecule has 1 N–H and O–H groups in total. The zero-order valence-electron chi connectivity index (χ0n) is 14.1. The van der Waals surface area contributed by atoms with E-state index in [1.165, 1.54) is 18.4 Å². The first kappa shape index (κ1) is 16.1. The predicted octanol–water partition coefficient (Wildman–Crippen LogP) is 3.81. The van der Waals surface area contributed by atoms with Crippen LogP contribution in [0.25, 0.3) is 5.82 Å². The summed E-state index contributed by atoms with van der Waals surface area (Å²) < 4.78 is 3.58. The molecule has 2 heterocycles. The molecule has 2 aromatic heterocycles. The van der Waals surface area contributed by atoms with Gasteiger partial charge in [0.15, 0.2) is 0 Å². The van der Waals surface area contributed by atoms with E-state index in [0.717, 1.165) is 17.9 Å². The fourth-order valence-corrected chi connectivity index (χ4v) is 2.71. The van der Waals surface area contributed by atoms with Crippen LogP contribution < -0.4 is 5.32 Å². The third kappa shape index (κ3) is 3.40. The van der Waals surface area contributed by atoms with Crippen LogP contribution in [0.4, 0.5) is 5.69 Å². The first-order valence-corrected chi connectivity index (χ1v) is 8.24. The van der Waals surface area contributed by atoms with Crippen molar-refractivity contribution in [1.29, 1.82) is 0 Å². The third-order valence-corrected chi connectivity index (χ3v) is 4.03. The van der Waals surface area contributed by atoms with E-state index in [0.29, 0.717) is 5.56 Å². The lowest BCUT2D eigenvalue weighted by Crippen LogP contribution is -2.15. The van der Waals surface area contributed by atoms with Crippen LogP contribution >= 0.6 is 0 Å². The Morgan fingerprint density at radius 3 is 2.54 bits per heavy atom. The van der Waals surface area contributed by atoms with E-state index >= 15 is 0 Å². The molecule has 1 aromatic carbocycles. The van der Waals surface area contributed by atoms with Gasteiger partial charge in [-0.25, -0.2) is 0 Å². The second-order valence-electron chi connectivity index (χ2n) is 5.85. The lowest BCUT2D eigenvalue weighted by Gasteiger charge is -2.09. The van der Waals surface area contributed by atoms with Gasteiger partial charge in [-0.1, -0.05) is 25.5 Å². The summed E-state index contributed by atoms with van der Waals surface area (Å²) >= 11 is 0. The number of carbonyl (C=O) groups excluding carboxylic acids is 1. The van der Waals surface area contributed by atoms with Gasteiger partial charge in [-0.2, -0.15) is 5.10 Å². The van der Waals surface area contributed by atoms with Crippen molar-refractivity contribution < 1.29 is 4.79 Å². The molecule has 0 spiro atoms. The molecule has 0 aliphatic heterocycles. The number of carbonyl (C=O) groups is 1. The third-order valence-electron chi connectivity index (χ3n) is 4.03. The van der Waals surface area contributed by atoms with Crippen LogP contribution in [0.3, 0.4) is 0 Å². The first-order valence-electron chi connectivity index (χ1n) is 8.24. The lowest BCUT2D eigenvalue weighted by molar-refractivity contribution is 0.102. The minimum absolute atomic E-state index is 0.159. The first-order chi connectivity index (χ1) is 11.7. The molecule has 1 amide bonds. The van der Waals surface area contributed by atoms with Gasteiger partial charge < -0.3 is 9.88 Å². The molecule has 5 nitrogen and oxygen atoms in total. The number of aryl methyl sites for hydroxylation is 2. The van der Waals surface area contributed by atoms with Gasteiger partial charge in [-0.05, 0) is 42.7 Å². The van der Waals surface area contributed by atoms with Crippen LogP contribution in [0, 0.1) is 0 Å². The highest BCUT2D eigenvalue weighted by Gasteiger charge is 2.17. The summed E-state index contributed by atoms with van der Waals surface area (Å²) in [6, 6.07) is 11.9. The average molecular weight is 322 g/mol. The van der Waals surface area contributed by atoms with Crippen LogP contribution in [0.1, 0.15) is 35.7 Å². The molecule has 0 radical (unpaired) electrons. The number of aromatic nitrogens is 3. The molecule has 0 aliphatic rings.